The number of aromatic nitrogens is 2. The normalized spacial score (nSPS) is 10.1. The molecule has 0 N–H and O–H groups in total. The quantitative estimate of drug-likeness (QED) is 0.631. The van der Waals surface area contributed by atoms with Gasteiger partial charge in [-0.3, -0.25) is 0 Å². The van der Waals surface area contributed by atoms with E-state index in [1.54, 1.807) is 19.4 Å². The largest absolute Gasteiger partial charge is 0.480 e. The van der Waals surface area contributed by atoms with Gasteiger partial charge in [0.15, 0.2) is 0 Å². The summed E-state index contributed by atoms with van der Waals surface area (Å²) in [6, 6.07) is 8.54. The van der Waals surface area contributed by atoms with E-state index in [2.05, 4.69) is 16.0 Å². The van der Waals surface area contributed by atoms with Crippen molar-refractivity contribution in [2.75, 3.05) is 7.11 Å². The lowest BCUT2D eigenvalue weighted by Gasteiger charge is -1.98. The Morgan fingerprint density at radius 3 is 3.25 bits per heavy atom. The van der Waals surface area contributed by atoms with E-state index in [1.165, 1.54) is 0 Å². The highest BCUT2D eigenvalue weighted by molar-refractivity contribution is 5.73. The van der Waals surface area contributed by atoms with E-state index >= 15 is 0 Å². The summed E-state index contributed by atoms with van der Waals surface area (Å²) in [4.78, 5) is 8.29. The van der Waals surface area contributed by atoms with Gasteiger partial charge in [0.05, 0.1) is 18.8 Å². The fourth-order valence-corrected chi connectivity index (χ4v) is 0.975. The highest BCUT2D eigenvalue weighted by Crippen LogP contribution is 2.11. The smallest absolute Gasteiger partial charge is 0.232 e. The number of ether oxygens (including phenoxy) is 1. The third-order valence-electron chi connectivity index (χ3n) is 1.56. The van der Waals surface area contributed by atoms with Crippen molar-refractivity contribution in [2.24, 2.45) is 0 Å². The highest BCUT2D eigenvalue weighted by Gasteiger charge is 1.96. The number of benzene rings is 1. The van der Waals surface area contributed by atoms with Crippen LogP contribution in [0.2, 0.25) is 0 Å². The second-order valence-electron chi connectivity index (χ2n) is 2.32. The summed E-state index contributed by atoms with van der Waals surface area (Å²) in [5.41, 5.74) is 1.56. The van der Waals surface area contributed by atoms with Crippen molar-refractivity contribution in [2.45, 2.75) is 0 Å². The minimum absolute atomic E-state index is 0.518. The molecule has 0 atom stereocenters. The molecule has 1 aromatic carbocycles. The number of methoxy groups -OCH3 is 1. The lowest BCUT2D eigenvalue weighted by molar-refractivity contribution is 0.397. The van der Waals surface area contributed by atoms with Gasteiger partial charge in [0.1, 0.15) is 5.52 Å². The Morgan fingerprint density at radius 2 is 2.42 bits per heavy atom. The number of fused-ring (bicyclic) bond motifs is 1. The van der Waals surface area contributed by atoms with Crippen LogP contribution in [0.25, 0.3) is 11.0 Å². The van der Waals surface area contributed by atoms with E-state index in [0.717, 1.165) is 11.0 Å². The van der Waals surface area contributed by atoms with Crippen LogP contribution in [0.1, 0.15) is 0 Å². The van der Waals surface area contributed by atoms with Crippen LogP contribution >= 0.6 is 0 Å². The fraction of sp³-hybridized carbons (Fsp3) is 0.111. The minimum atomic E-state index is 0.518. The molecule has 0 spiro atoms. The van der Waals surface area contributed by atoms with E-state index < -0.39 is 0 Å². The fourth-order valence-electron chi connectivity index (χ4n) is 0.975. The molecular weight excluding hydrogens is 152 g/mol. The predicted octanol–water partition coefficient (Wildman–Crippen LogP) is 1.44. The van der Waals surface area contributed by atoms with Crippen LogP contribution in [-0.4, -0.2) is 17.1 Å². The summed E-state index contributed by atoms with van der Waals surface area (Å²) < 4.78 is 4.93. The van der Waals surface area contributed by atoms with Crippen LogP contribution < -0.4 is 4.74 Å². The summed E-state index contributed by atoms with van der Waals surface area (Å²) in [6.45, 7) is 0. The van der Waals surface area contributed by atoms with Crippen molar-refractivity contribution in [3.63, 3.8) is 0 Å². The Bertz CT molecular complexity index is 400. The van der Waals surface area contributed by atoms with Crippen molar-refractivity contribution < 1.29 is 4.74 Å². The number of hydrogen-bond acceptors (Lipinski definition) is 3. The molecular formula is C9H7N2O. The molecule has 3 heteroatoms. The maximum atomic E-state index is 4.93. The van der Waals surface area contributed by atoms with Crippen LogP contribution in [0.15, 0.2) is 24.4 Å². The van der Waals surface area contributed by atoms with Gasteiger partial charge < -0.3 is 4.74 Å². The molecule has 0 saturated carbocycles. The topological polar surface area (TPSA) is 35.0 Å². The summed E-state index contributed by atoms with van der Waals surface area (Å²) in [6.07, 6.45) is 1.59. The van der Waals surface area contributed by atoms with Gasteiger partial charge in [-0.2, -0.15) is 0 Å². The molecule has 12 heavy (non-hydrogen) atoms. The first-order valence-electron chi connectivity index (χ1n) is 3.57. The number of nitrogens with zero attached hydrogens (tertiary/aromatic N) is 2. The molecule has 0 aliphatic rings. The van der Waals surface area contributed by atoms with Gasteiger partial charge >= 0.3 is 0 Å². The molecule has 0 bridgehead atoms. The SMILES string of the molecule is COc1cnc2ccc[c]c2n1. The van der Waals surface area contributed by atoms with E-state index in [1.807, 2.05) is 12.1 Å². The summed E-state index contributed by atoms with van der Waals surface area (Å²) in [7, 11) is 1.57. The lowest BCUT2D eigenvalue weighted by atomic mass is 10.3. The first kappa shape index (κ1) is 7.03. The molecule has 59 valence electrons. The van der Waals surface area contributed by atoms with Crippen molar-refractivity contribution in [1.82, 2.24) is 9.97 Å². The zero-order valence-electron chi connectivity index (χ0n) is 6.61. The van der Waals surface area contributed by atoms with E-state index in [9.17, 15) is 0 Å². The van der Waals surface area contributed by atoms with Crippen molar-refractivity contribution in [1.29, 1.82) is 0 Å². The minimum Gasteiger partial charge on any atom is -0.480 e. The van der Waals surface area contributed by atoms with Gasteiger partial charge in [-0.25, -0.2) is 9.97 Å². The molecule has 0 aliphatic carbocycles. The van der Waals surface area contributed by atoms with Crippen LogP contribution in [0.3, 0.4) is 0 Å². The van der Waals surface area contributed by atoms with Gasteiger partial charge in [-0.05, 0) is 6.07 Å². The zero-order valence-corrected chi connectivity index (χ0v) is 6.61. The molecule has 1 heterocycles. The molecule has 2 rings (SSSR count). The highest BCUT2D eigenvalue weighted by atomic mass is 16.5. The second kappa shape index (κ2) is 2.77. The molecule has 0 unspecified atom stereocenters. The average molecular weight is 159 g/mol. The van der Waals surface area contributed by atoms with E-state index in [4.69, 9.17) is 4.74 Å². The third-order valence-corrected chi connectivity index (χ3v) is 1.56. The van der Waals surface area contributed by atoms with Crippen LogP contribution in [0.5, 0.6) is 5.88 Å². The van der Waals surface area contributed by atoms with Gasteiger partial charge in [0.25, 0.3) is 0 Å². The Hall–Kier alpha value is -1.64. The molecule has 0 saturated heterocycles. The van der Waals surface area contributed by atoms with E-state index in [0.29, 0.717) is 5.88 Å². The maximum Gasteiger partial charge on any atom is 0.232 e. The van der Waals surface area contributed by atoms with Crippen molar-refractivity contribution >= 4 is 11.0 Å². The molecule has 1 aromatic heterocycles. The Kier molecular flexibility index (Phi) is 1.63. The molecule has 0 fully saturated rings. The number of rotatable bonds is 1. The molecule has 0 aliphatic heterocycles. The summed E-state index contributed by atoms with van der Waals surface area (Å²) >= 11 is 0. The standard InChI is InChI=1S/C9H7N2O/c1-12-9-6-10-7-4-2-3-5-8(7)11-9/h2-4,6H,1H3. The lowest BCUT2D eigenvalue weighted by Crippen LogP contribution is -1.89. The Labute approximate surface area is 70.0 Å². The first-order valence-corrected chi connectivity index (χ1v) is 3.57. The van der Waals surface area contributed by atoms with Crippen molar-refractivity contribution in [3.05, 3.63) is 30.5 Å². The second-order valence-corrected chi connectivity index (χ2v) is 2.32. The first-order chi connectivity index (χ1) is 5.90. The monoisotopic (exact) mass is 159 g/mol. The van der Waals surface area contributed by atoms with Crippen LogP contribution in [-0.2, 0) is 0 Å². The number of hydrogen-bond donors (Lipinski definition) is 0. The van der Waals surface area contributed by atoms with E-state index in [-0.39, 0.29) is 0 Å². The Balaban J connectivity index is 2.67. The third kappa shape index (κ3) is 1.09. The molecule has 2 aromatic rings. The van der Waals surface area contributed by atoms with Gasteiger partial charge in [-0.1, -0.05) is 12.1 Å². The van der Waals surface area contributed by atoms with Crippen LogP contribution in [0.4, 0.5) is 0 Å². The Morgan fingerprint density at radius 1 is 1.50 bits per heavy atom. The average Bonchev–Trinajstić information content (AvgIpc) is 2.17. The maximum absolute atomic E-state index is 4.93. The molecule has 1 radical (unpaired) electrons. The molecule has 3 nitrogen and oxygen atoms in total. The summed E-state index contributed by atoms with van der Waals surface area (Å²) in [5, 5.41) is 0. The van der Waals surface area contributed by atoms with Crippen molar-refractivity contribution in [3.8, 4) is 5.88 Å². The zero-order chi connectivity index (χ0) is 8.39. The molecule has 0 amide bonds. The summed E-state index contributed by atoms with van der Waals surface area (Å²) in [5.74, 6) is 0.518. The van der Waals surface area contributed by atoms with Gasteiger partial charge in [-0.15, -0.1) is 0 Å². The van der Waals surface area contributed by atoms with Gasteiger partial charge in [0, 0.05) is 6.07 Å². The van der Waals surface area contributed by atoms with Gasteiger partial charge in [0.2, 0.25) is 5.88 Å². The predicted molar refractivity (Wildman–Crippen MR) is 44.9 cm³/mol. The van der Waals surface area contributed by atoms with Crippen LogP contribution in [0, 0.1) is 6.07 Å². The number of para-hydroxylation sites is 1.